The second-order valence-corrected chi connectivity index (χ2v) is 7.11. The highest BCUT2D eigenvalue weighted by molar-refractivity contribution is 5.86. The minimum absolute atomic E-state index is 0.127. The molecule has 4 heteroatoms. The van der Waals surface area contributed by atoms with Crippen LogP contribution in [0.5, 0.6) is 0 Å². The smallest absolute Gasteiger partial charge is 0.255 e. The van der Waals surface area contributed by atoms with Gasteiger partial charge in [0.2, 0.25) is 0 Å². The minimum atomic E-state index is -1.28. The molecule has 1 aliphatic rings. The molecule has 0 spiro atoms. The van der Waals surface area contributed by atoms with Crippen LogP contribution in [0.25, 0.3) is 0 Å². The molecular formula is C22H28N2O2. The summed E-state index contributed by atoms with van der Waals surface area (Å²) < 4.78 is 0. The number of benzene rings is 2. The van der Waals surface area contributed by atoms with E-state index in [1.54, 1.807) is 0 Å². The summed E-state index contributed by atoms with van der Waals surface area (Å²) in [6.07, 6.45) is 3.25. The molecule has 0 bridgehead atoms. The fourth-order valence-corrected chi connectivity index (χ4v) is 3.57. The summed E-state index contributed by atoms with van der Waals surface area (Å²) in [5.41, 5.74) is 1.16. The van der Waals surface area contributed by atoms with Gasteiger partial charge in [-0.3, -0.25) is 4.79 Å². The van der Waals surface area contributed by atoms with Crippen LogP contribution in [0.4, 0.5) is 0 Å². The first-order valence-electron chi connectivity index (χ1n) is 9.48. The Kier molecular flexibility index (Phi) is 6.42. The molecule has 2 aromatic carbocycles. The van der Waals surface area contributed by atoms with E-state index in [2.05, 4.69) is 17.4 Å². The van der Waals surface area contributed by atoms with Crippen LogP contribution < -0.4 is 5.32 Å². The molecule has 3 rings (SSSR count). The van der Waals surface area contributed by atoms with Crippen molar-refractivity contribution in [2.24, 2.45) is 0 Å². The molecular weight excluding hydrogens is 324 g/mol. The van der Waals surface area contributed by atoms with Gasteiger partial charge in [0.1, 0.15) is 0 Å². The van der Waals surface area contributed by atoms with Crippen LogP contribution in [0.1, 0.15) is 30.4 Å². The number of aryl methyl sites for hydroxylation is 1. The topological polar surface area (TPSA) is 52.6 Å². The Morgan fingerprint density at radius 1 is 1.00 bits per heavy atom. The van der Waals surface area contributed by atoms with Gasteiger partial charge in [-0.05, 0) is 36.8 Å². The summed E-state index contributed by atoms with van der Waals surface area (Å²) in [5, 5.41) is 14.1. The Hall–Kier alpha value is -2.17. The third-order valence-electron chi connectivity index (χ3n) is 5.03. The van der Waals surface area contributed by atoms with Crippen molar-refractivity contribution in [3.05, 3.63) is 71.8 Å². The number of aliphatic hydroxyl groups is 1. The molecule has 0 aromatic heterocycles. The minimum Gasteiger partial charge on any atom is -0.379 e. The lowest BCUT2D eigenvalue weighted by molar-refractivity contribution is -0.156. The molecule has 2 N–H and O–H groups in total. The largest absolute Gasteiger partial charge is 0.379 e. The van der Waals surface area contributed by atoms with E-state index in [4.69, 9.17) is 0 Å². The Bertz CT molecular complexity index is 690. The lowest BCUT2D eigenvalue weighted by atomic mass is 9.91. The zero-order chi connectivity index (χ0) is 18.2. The first-order chi connectivity index (χ1) is 12.7. The van der Waals surface area contributed by atoms with E-state index < -0.39 is 5.60 Å². The number of amides is 1. The quantitative estimate of drug-likeness (QED) is 0.768. The molecule has 1 unspecified atom stereocenters. The van der Waals surface area contributed by atoms with E-state index in [1.165, 1.54) is 5.56 Å². The fourth-order valence-electron chi connectivity index (χ4n) is 3.57. The van der Waals surface area contributed by atoms with Crippen molar-refractivity contribution >= 4 is 5.91 Å². The van der Waals surface area contributed by atoms with Gasteiger partial charge in [0.15, 0.2) is 5.60 Å². The van der Waals surface area contributed by atoms with Gasteiger partial charge in [0.25, 0.3) is 5.91 Å². The van der Waals surface area contributed by atoms with Crippen LogP contribution in [0.15, 0.2) is 60.7 Å². The van der Waals surface area contributed by atoms with E-state index in [9.17, 15) is 9.90 Å². The zero-order valence-electron chi connectivity index (χ0n) is 15.2. The molecule has 1 amide bonds. The van der Waals surface area contributed by atoms with Crippen LogP contribution in [0, 0.1) is 0 Å². The Labute approximate surface area is 155 Å². The first kappa shape index (κ1) is 18.6. The van der Waals surface area contributed by atoms with E-state index >= 15 is 0 Å². The number of nitrogens with zero attached hydrogens (tertiary/aromatic N) is 1. The van der Waals surface area contributed by atoms with Crippen LogP contribution in [0.3, 0.4) is 0 Å². The number of piperidine rings is 1. The van der Waals surface area contributed by atoms with Crippen LogP contribution in [-0.4, -0.2) is 41.1 Å². The second-order valence-electron chi connectivity index (χ2n) is 7.11. The number of carbonyl (C=O) groups is 1. The van der Waals surface area contributed by atoms with E-state index in [0.717, 1.165) is 31.4 Å². The van der Waals surface area contributed by atoms with Gasteiger partial charge >= 0.3 is 0 Å². The van der Waals surface area contributed by atoms with E-state index in [1.807, 2.05) is 53.4 Å². The normalized spacial score (nSPS) is 20.3. The molecule has 138 valence electrons. The van der Waals surface area contributed by atoms with Crippen molar-refractivity contribution in [1.82, 2.24) is 10.2 Å². The molecule has 0 aliphatic carbocycles. The van der Waals surface area contributed by atoms with Crippen molar-refractivity contribution in [3.63, 3.8) is 0 Å². The molecule has 4 nitrogen and oxygen atoms in total. The fraction of sp³-hybridized carbons (Fsp3) is 0.409. The van der Waals surface area contributed by atoms with E-state index in [0.29, 0.717) is 26.1 Å². The van der Waals surface area contributed by atoms with Gasteiger partial charge in [-0.15, -0.1) is 0 Å². The van der Waals surface area contributed by atoms with Gasteiger partial charge in [-0.1, -0.05) is 60.7 Å². The molecule has 0 radical (unpaired) electrons. The van der Waals surface area contributed by atoms with Crippen LogP contribution >= 0.6 is 0 Å². The zero-order valence-corrected chi connectivity index (χ0v) is 15.2. The maximum Gasteiger partial charge on any atom is 0.255 e. The summed E-state index contributed by atoms with van der Waals surface area (Å²) >= 11 is 0. The van der Waals surface area contributed by atoms with Gasteiger partial charge in [-0.2, -0.15) is 0 Å². The highest BCUT2D eigenvalue weighted by atomic mass is 16.3. The highest BCUT2D eigenvalue weighted by Gasteiger charge is 2.41. The maximum absolute atomic E-state index is 12.8. The summed E-state index contributed by atoms with van der Waals surface area (Å²) in [6, 6.07) is 20.4. The molecule has 1 fully saturated rings. The number of hydrogen-bond donors (Lipinski definition) is 2. The van der Waals surface area contributed by atoms with Crippen LogP contribution in [0.2, 0.25) is 0 Å². The molecule has 0 saturated carbocycles. The predicted octanol–water partition coefficient (Wildman–Crippen LogP) is 2.76. The van der Waals surface area contributed by atoms with Gasteiger partial charge in [-0.25, -0.2) is 0 Å². The van der Waals surface area contributed by atoms with Crippen molar-refractivity contribution in [1.29, 1.82) is 0 Å². The molecule has 1 aliphatic heterocycles. The Balaban J connectivity index is 1.47. The summed E-state index contributed by atoms with van der Waals surface area (Å²) in [4.78, 5) is 14.6. The summed E-state index contributed by atoms with van der Waals surface area (Å²) in [7, 11) is 0. The van der Waals surface area contributed by atoms with Crippen molar-refractivity contribution < 1.29 is 9.90 Å². The molecule has 2 aromatic rings. The number of nitrogens with one attached hydrogen (secondary N) is 1. The lowest BCUT2D eigenvalue weighted by Crippen LogP contribution is -2.58. The van der Waals surface area contributed by atoms with Gasteiger partial charge in [0, 0.05) is 26.2 Å². The SMILES string of the molecule is O=C1N(CCCc2ccccc2)CCCC1(O)CNCc1ccccc1. The monoisotopic (exact) mass is 352 g/mol. The lowest BCUT2D eigenvalue weighted by Gasteiger charge is -2.38. The molecule has 26 heavy (non-hydrogen) atoms. The van der Waals surface area contributed by atoms with E-state index in [-0.39, 0.29) is 5.91 Å². The maximum atomic E-state index is 12.8. The molecule has 1 heterocycles. The van der Waals surface area contributed by atoms with Crippen molar-refractivity contribution in [3.8, 4) is 0 Å². The number of hydrogen-bond acceptors (Lipinski definition) is 3. The Morgan fingerprint density at radius 3 is 2.35 bits per heavy atom. The average Bonchev–Trinajstić information content (AvgIpc) is 2.67. The van der Waals surface area contributed by atoms with Crippen molar-refractivity contribution in [2.45, 2.75) is 37.8 Å². The second kappa shape index (κ2) is 8.97. The van der Waals surface area contributed by atoms with Crippen LogP contribution in [-0.2, 0) is 17.8 Å². The molecule has 1 saturated heterocycles. The standard InChI is InChI=1S/C22H28N2O2/c25-21-22(26,18-23-17-20-11-5-2-6-12-20)14-8-16-24(21)15-7-13-19-9-3-1-4-10-19/h1-6,9-12,23,26H,7-8,13-18H2. The Morgan fingerprint density at radius 2 is 1.65 bits per heavy atom. The summed E-state index contributed by atoms with van der Waals surface area (Å²) in [5.74, 6) is -0.127. The first-order valence-corrected chi connectivity index (χ1v) is 9.48. The highest BCUT2D eigenvalue weighted by Crippen LogP contribution is 2.22. The predicted molar refractivity (Wildman–Crippen MR) is 104 cm³/mol. The molecule has 1 atom stereocenters. The number of rotatable bonds is 8. The summed E-state index contributed by atoms with van der Waals surface area (Å²) in [6.45, 7) is 2.41. The number of carbonyl (C=O) groups excluding carboxylic acids is 1. The third-order valence-corrected chi connectivity index (χ3v) is 5.03. The van der Waals surface area contributed by atoms with Gasteiger partial charge in [0.05, 0.1) is 0 Å². The third kappa shape index (κ3) is 4.93. The number of likely N-dealkylation sites (tertiary alicyclic amines) is 1. The van der Waals surface area contributed by atoms with Gasteiger partial charge < -0.3 is 15.3 Å². The average molecular weight is 352 g/mol. The van der Waals surface area contributed by atoms with Crippen molar-refractivity contribution in [2.75, 3.05) is 19.6 Å².